The average Bonchev–Trinajstić information content (AvgIpc) is 2.47. The fourth-order valence-electron chi connectivity index (χ4n) is 1.72. The summed E-state index contributed by atoms with van der Waals surface area (Å²) in [6.07, 6.45) is 1.74. The number of ether oxygens (including phenoxy) is 1. The summed E-state index contributed by atoms with van der Waals surface area (Å²) in [5.41, 5.74) is 2.08. The van der Waals surface area contributed by atoms with Crippen molar-refractivity contribution in [2.24, 2.45) is 0 Å². The van der Waals surface area contributed by atoms with E-state index in [9.17, 15) is 5.26 Å². The Morgan fingerprint density at radius 1 is 1.15 bits per heavy atom. The highest BCUT2D eigenvalue weighted by molar-refractivity contribution is 6.35. The second kappa shape index (κ2) is 6.47. The van der Waals surface area contributed by atoms with E-state index in [1.54, 1.807) is 31.4 Å². The molecule has 0 heterocycles. The number of halogens is 2. The molecule has 2 aromatic carbocycles. The molecule has 2 rings (SSSR count). The van der Waals surface area contributed by atoms with Gasteiger partial charge in [-0.2, -0.15) is 5.26 Å². The van der Waals surface area contributed by atoms with Crippen molar-refractivity contribution in [3.05, 3.63) is 63.6 Å². The standard InChI is InChI=1S/C16H11Cl2NO/c1-20-15-6-3-11(4-7-15)13(10-19)8-12-2-5-14(17)9-16(12)18/h2-9H,1H3/b13-8-. The van der Waals surface area contributed by atoms with Crippen LogP contribution in [0.5, 0.6) is 5.75 Å². The van der Waals surface area contributed by atoms with Crippen LogP contribution in [0.15, 0.2) is 42.5 Å². The number of nitrogens with zero attached hydrogens (tertiary/aromatic N) is 1. The van der Waals surface area contributed by atoms with E-state index < -0.39 is 0 Å². The molecule has 0 aliphatic rings. The van der Waals surface area contributed by atoms with Gasteiger partial charge in [-0.15, -0.1) is 0 Å². The van der Waals surface area contributed by atoms with E-state index in [4.69, 9.17) is 27.9 Å². The average molecular weight is 304 g/mol. The Hall–Kier alpha value is -1.95. The maximum atomic E-state index is 9.29. The van der Waals surface area contributed by atoms with Gasteiger partial charge in [0.25, 0.3) is 0 Å². The maximum absolute atomic E-state index is 9.29. The Bertz CT molecular complexity index is 685. The van der Waals surface area contributed by atoms with Crippen LogP contribution in [0.4, 0.5) is 0 Å². The Labute approximate surface area is 127 Å². The van der Waals surface area contributed by atoms with Crippen molar-refractivity contribution in [3.63, 3.8) is 0 Å². The predicted octanol–water partition coefficient (Wildman–Crippen LogP) is 5.07. The lowest BCUT2D eigenvalue weighted by molar-refractivity contribution is 0.415. The van der Waals surface area contributed by atoms with Crippen molar-refractivity contribution in [1.29, 1.82) is 5.26 Å². The summed E-state index contributed by atoms with van der Waals surface area (Å²) in [5.74, 6) is 0.746. The molecule has 0 amide bonds. The molecule has 2 aromatic rings. The first kappa shape index (κ1) is 14.5. The Balaban J connectivity index is 2.40. The van der Waals surface area contributed by atoms with Gasteiger partial charge in [-0.3, -0.25) is 0 Å². The summed E-state index contributed by atoms with van der Waals surface area (Å²) >= 11 is 12.0. The number of hydrogen-bond acceptors (Lipinski definition) is 2. The van der Waals surface area contributed by atoms with Gasteiger partial charge in [0, 0.05) is 10.0 Å². The lowest BCUT2D eigenvalue weighted by Gasteiger charge is -2.04. The second-order valence-corrected chi connectivity index (χ2v) is 4.91. The van der Waals surface area contributed by atoms with Gasteiger partial charge in [0.05, 0.1) is 18.8 Å². The molecular weight excluding hydrogens is 293 g/mol. The van der Waals surface area contributed by atoms with Crippen LogP contribution in [0.3, 0.4) is 0 Å². The third-order valence-corrected chi connectivity index (χ3v) is 3.35. The molecule has 0 saturated heterocycles. The van der Waals surface area contributed by atoms with E-state index >= 15 is 0 Å². The van der Waals surface area contributed by atoms with Crippen molar-refractivity contribution in [2.45, 2.75) is 0 Å². The van der Waals surface area contributed by atoms with Gasteiger partial charge in [-0.25, -0.2) is 0 Å². The third-order valence-electron chi connectivity index (χ3n) is 2.78. The minimum absolute atomic E-state index is 0.513. The van der Waals surface area contributed by atoms with Crippen LogP contribution in [0.2, 0.25) is 10.0 Å². The van der Waals surface area contributed by atoms with Crippen molar-refractivity contribution in [3.8, 4) is 11.8 Å². The van der Waals surface area contributed by atoms with Crippen LogP contribution < -0.4 is 4.74 Å². The molecule has 0 fully saturated rings. The molecule has 100 valence electrons. The monoisotopic (exact) mass is 303 g/mol. The molecule has 20 heavy (non-hydrogen) atoms. The number of methoxy groups -OCH3 is 1. The van der Waals surface area contributed by atoms with Gasteiger partial charge in [0.2, 0.25) is 0 Å². The number of hydrogen-bond donors (Lipinski definition) is 0. The molecule has 0 aromatic heterocycles. The van der Waals surface area contributed by atoms with Crippen LogP contribution >= 0.6 is 23.2 Å². The Kier molecular flexibility index (Phi) is 4.68. The SMILES string of the molecule is COc1ccc(/C(C#N)=C\c2ccc(Cl)cc2Cl)cc1. The lowest BCUT2D eigenvalue weighted by Crippen LogP contribution is -1.85. The first-order chi connectivity index (χ1) is 9.63. The summed E-state index contributed by atoms with van der Waals surface area (Å²) < 4.78 is 5.09. The van der Waals surface area contributed by atoms with E-state index in [2.05, 4.69) is 6.07 Å². The second-order valence-electron chi connectivity index (χ2n) is 4.06. The van der Waals surface area contributed by atoms with Crippen LogP contribution in [-0.2, 0) is 0 Å². The molecule has 0 N–H and O–H groups in total. The first-order valence-corrected chi connectivity index (χ1v) is 6.61. The van der Waals surface area contributed by atoms with Crippen molar-refractivity contribution in [2.75, 3.05) is 7.11 Å². The van der Waals surface area contributed by atoms with E-state index in [0.717, 1.165) is 16.9 Å². The van der Waals surface area contributed by atoms with Crippen LogP contribution in [0.1, 0.15) is 11.1 Å². The van der Waals surface area contributed by atoms with Crippen molar-refractivity contribution in [1.82, 2.24) is 0 Å². The van der Waals surface area contributed by atoms with Gasteiger partial charge in [0.1, 0.15) is 5.75 Å². The largest absolute Gasteiger partial charge is 0.497 e. The first-order valence-electron chi connectivity index (χ1n) is 5.85. The molecule has 0 saturated carbocycles. The molecule has 0 spiro atoms. The molecule has 0 unspecified atom stereocenters. The quantitative estimate of drug-likeness (QED) is 0.586. The predicted molar refractivity (Wildman–Crippen MR) is 82.9 cm³/mol. The summed E-state index contributed by atoms with van der Waals surface area (Å²) in [5, 5.41) is 10.4. The Morgan fingerprint density at radius 3 is 2.40 bits per heavy atom. The third kappa shape index (κ3) is 3.33. The summed E-state index contributed by atoms with van der Waals surface area (Å²) in [6, 6.07) is 14.6. The fourth-order valence-corrected chi connectivity index (χ4v) is 2.19. The maximum Gasteiger partial charge on any atom is 0.118 e. The van der Waals surface area contributed by atoms with E-state index in [0.29, 0.717) is 15.6 Å². The minimum Gasteiger partial charge on any atom is -0.497 e. The van der Waals surface area contributed by atoms with Crippen molar-refractivity contribution < 1.29 is 4.74 Å². The van der Waals surface area contributed by atoms with E-state index in [1.807, 2.05) is 24.3 Å². The van der Waals surface area contributed by atoms with Crippen molar-refractivity contribution >= 4 is 34.9 Å². The number of rotatable bonds is 3. The zero-order valence-corrected chi connectivity index (χ0v) is 12.2. The summed E-state index contributed by atoms with van der Waals surface area (Å²) in [7, 11) is 1.60. The topological polar surface area (TPSA) is 33.0 Å². The number of benzene rings is 2. The summed E-state index contributed by atoms with van der Waals surface area (Å²) in [6.45, 7) is 0. The fraction of sp³-hybridized carbons (Fsp3) is 0.0625. The normalized spacial score (nSPS) is 11.0. The molecule has 4 heteroatoms. The van der Waals surface area contributed by atoms with Gasteiger partial charge >= 0.3 is 0 Å². The molecule has 0 aliphatic carbocycles. The Morgan fingerprint density at radius 2 is 1.85 bits per heavy atom. The van der Waals surface area contributed by atoms with Gasteiger partial charge in [-0.05, 0) is 53.6 Å². The molecule has 0 atom stereocenters. The van der Waals surface area contributed by atoms with E-state index in [1.165, 1.54) is 0 Å². The molecule has 0 radical (unpaired) electrons. The molecule has 0 aliphatic heterocycles. The van der Waals surface area contributed by atoms with Crippen LogP contribution in [0, 0.1) is 11.3 Å². The van der Waals surface area contributed by atoms with Crippen LogP contribution in [-0.4, -0.2) is 7.11 Å². The summed E-state index contributed by atoms with van der Waals surface area (Å²) in [4.78, 5) is 0. The molecular formula is C16H11Cl2NO. The lowest BCUT2D eigenvalue weighted by atomic mass is 10.0. The highest BCUT2D eigenvalue weighted by Gasteiger charge is 2.04. The highest BCUT2D eigenvalue weighted by Crippen LogP contribution is 2.26. The smallest absolute Gasteiger partial charge is 0.118 e. The zero-order valence-electron chi connectivity index (χ0n) is 10.7. The molecule has 2 nitrogen and oxygen atoms in total. The highest BCUT2D eigenvalue weighted by atomic mass is 35.5. The molecule has 0 bridgehead atoms. The number of allylic oxidation sites excluding steroid dienone is 1. The van der Waals surface area contributed by atoms with E-state index in [-0.39, 0.29) is 0 Å². The van der Waals surface area contributed by atoms with Gasteiger partial charge in [0.15, 0.2) is 0 Å². The minimum atomic E-state index is 0.513. The van der Waals surface area contributed by atoms with Gasteiger partial charge < -0.3 is 4.74 Å². The number of nitriles is 1. The van der Waals surface area contributed by atoms with Crippen LogP contribution in [0.25, 0.3) is 11.6 Å². The zero-order chi connectivity index (χ0) is 14.5. The van der Waals surface area contributed by atoms with Gasteiger partial charge in [-0.1, -0.05) is 29.3 Å².